The van der Waals surface area contributed by atoms with Gasteiger partial charge < -0.3 is 9.47 Å². The van der Waals surface area contributed by atoms with E-state index in [0.29, 0.717) is 5.92 Å². The molecule has 0 amide bonds. The molecule has 2 nitrogen and oxygen atoms in total. The molecule has 7 aromatic rings. The van der Waals surface area contributed by atoms with Gasteiger partial charge in [0.1, 0.15) is 0 Å². The lowest BCUT2D eigenvalue weighted by Crippen LogP contribution is -2.27. The Morgan fingerprint density at radius 3 is 1.66 bits per heavy atom. The summed E-state index contributed by atoms with van der Waals surface area (Å²) in [6, 6.07) is 55.2. The first-order valence-electron chi connectivity index (χ1n) is 14.5. The number of aromatic nitrogens is 1. The predicted molar refractivity (Wildman–Crippen MR) is 173 cm³/mol. The second-order valence-corrected chi connectivity index (χ2v) is 10.9. The highest BCUT2D eigenvalue weighted by molar-refractivity contribution is 6.09. The van der Waals surface area contributed by atoms with Crippen molar-refractivity contribution in [1.82, 2.24) is 4.57 Å². The highest BCUT2D eigenvalue weighted by Crippen LogP contribution is 2.42. The van der Waals surface area contributed by atoms with Crippen LogP contribution in [0.5, 0.6) is 0 Å². The molecular weight excluding hydrogens is 496 g/mol. The Morgan fingerprint density at radius 2 is 1.00 bits per heavy atom. The monoisotopic (exact) mass is 526 g/mol. The van der Waals surface area contributed by atoms with Crippen molar-refractivity contribution in [2.24, 2.45) is 0 Å². The highest BCUT2D eigenvalue weighted by atomic mass is 15.1. The molecule has 2 heterocycles. The summed E-state index contributed by atoms with van der Waals surface area (Å²) in [7, 11) is 0. The molecule has 0 aliphatic carbocycles. The summed E-state index contributed by atoms with van der Waals surface area (Å²) in [4.78, 5) is 2.48. The van der Waals surface area contributed by atoms with Crippen LogP contribution in [-0.4, -0.2) is 11.1 Å². The van der Waals surface area contributed by atoms with Crippen molar-refractivity contribution in [3.8, 4) is 16.8 Å². The van der Waals surface area contributed by atoms with Gasteiger partial charge in [-0.05, 0) is 71.1 Å². The minimum absolute atomic E-state index is 0.441. The summed E-state index contributed by atoms with van der Waals surface area (Å²) >= 11 is 0. The molecule has 8 rings (SSSR count). The van der Waals surface area contributed by atoms with Gasteiger partial charge in [-0.1, -0.05) is 109 Å². The first-order chi connectivity index (χ1) is 20.3. The van der Waals surface area contributed by atoms with Crippen molar-refractivity contribution in [3.05, 3.63) is 163 Å². The molecule has 0 spiro atoms. The second kappa shape index (κ2) is 9.83. The number of hydrogen-bond donors (Lipinski definition) is 0. The van der Waals surface area contributed by atoms with E-state index in [9.17, 15) is 0 Å². The van der Waals surface area contributed by atoms with Gasteiger partial charge in [-0.15, -0.1) is 0 Å². The molecular formula is C39H30N2. The van der Waals surface area contributed by atoms with Gasteiger partial charge in [-0.25, -0.2) is 0 Å². The van der Waals surface area contributed by atoms with E-state index in [-0.39, 0.29) is 0 Å². The SMILES string of the molecule is c1ccc(C2CCN(c3ccc(-c4ccc(-n5c6ccccc6c6ccccc65)cc4)cc3)c3ccccc32)cc1. The molecule has 0 radical (unpaired) electrons. The van der Waals surface area contributed by atoms with Gasteiger partial charge >= 0.3 is 0 Å². The fourth-order valence-electron chi connectivity index (χ4n) is 6.70. The number of para-hydroxylation sites is 3. The van der Waals surface area contributed by atoms with Crippen LogP contribution in [0, 0.1) is 0 Å². The number of rotatable bonds is 4. The smallest absolute Gasteiger partial charge is 0.0541 e. The van der Waals surface area contributed by atoms with E-state index in [1.54, 1.807) is 0 Å². The maximum absolute atomic E-state index is 2.48. The van der Waals surface area contributed by atoms with Crippen LogP contribution in [0.15, 0.2) is 152 Å². The third-order valence-corrected chi connectivity index (χ3v) is 8.66. The standard InChI is InChI=1S/C39H30N2/c1-2-10-30(11-3-1)33-26-27-40(37-15-7-4-12-34(33)37)31-22-18-28(19-23-31)29-20-24-32(25-21-29)41-38-16-8-5-13-35(38)36-14-6-9-17-39(36)41/h1-25,33H,26-27H2. The van der Waals surface area contributed by atoms with Crippen LogP contribution in [0.3, 0.4) is 0 Å². The molecule has 1 atom stereocenters. The summed E-state index contributed by atoms with van der Waals surface area (Å²) in [6.07, 6.45) is 1.10. The third-order valence-electron chi connectivity index (χ3n) is 8.66. The van der Waals surface area contributed by atoms with Crippen molar-refractivity contribution < 1.29 is 0 Å². The van der Waals surface area contributed by atoms with Gasteiger partial charge in [0.05, 0.1) is 11.0 Å². The summed E-state index contributed by atoms with van der Waals surface area (Å²) in [5.74, 6) is 0.441. The molecule has 1 aromatic heterocycles. The number of nitrogens with zero attached hydrogens (tertiary/aromatic N) is 2. The zero-order valence-electron chi connectivity index (χ0n) is 22.8. The lowest BCUT2D eigenvalue weighted by atomic mass is 9.84. The third kappa shape index (κ3) is 4.03. The lowest BCUT2D eigenvalue weighted by molar-refractivity contribution is 0.680. The molecule has 2 heteroatoms. The zero-order valence-corrected chi connectivity index (χ0v) is 22.8. The first kappa shape index (κ1) is 23.8. The minimum Gasteiger partial charge on any atom is -0.341 e. The Bertz CT molecular complexity index is 1930. The fraction of sp³-hybridized carbons (Fsp3) is 0.0769. The summed E-state index contributed by atoms with van der Waals surface area (Å²) in [5.41, 5.74) is 11.5. The average molecular weight is 527 g/mol. The van der Waals surface area contributed by atoms with Crippen molar-refractivity contribution in [2.75, 3.05) is 11.4 Å². The molecule has 41 heavy (non-hydrogen) atoms. The fourth-order valence-corrected chi connectivity index (χ4v) is 6.70. The molecule has 1 aliphatic heterocycles. The first-order valence-corrected chi connectivity index (χ1v) is 14.5. The highest BCUT2D eigenvalue weighted by Gasteiger charge is 2.26. The van der Waals surface area contributed by atoms with Crippen LogP contribution in [-0.2, 0) is 0 Å². The quantitative estimate of drug-likeness (QED) is 0.221. The van der Waals surface area contributed by atoms with E-state index in [1.165, 1.54) is 61.1 Å². The summed E-state index contributed by atoms with van der Waals surface area (Å²) in [5, 5.41) is 2.58. The minimum atomic E-state index is 0.441. The average Bonchev–Trinajstić information content (AvgIpc) is 3.39. The van der Waals surface area contributed by atoms with Crippen molar-refractivity contribution >= 4 is 33.2 Å². The van der Waals surface area contributed by atoms with Crippen LogP contribution >= 0.6 is 0 Å². The lowest BCUT2D eigenvalue weighted by Gasteiger charge is -2.36. The van der Waals surface area contributed by atoms with Crippen LogP contribution in [0.25, 0.3) is 38.6 Å². The Labute approximate surface area is 240 Å². The molecule has 0 bridgehead atoms. The van der Waals surface area contributed by atoms with Gasteiger partial charge in [-0.2, -0.15) is 0 Å². The largest absolute Gasteiger partial charge is 0.341 e. The Kier molecular flexibility index (Phi) is 5.70. The van der Waals surface area contributed by atoms with E-state index in [4.69, 9.17) is 0 Å². The molecule has 0 saturated carbocycles. The van der Waals surface area contributed by atoms with E-state index < -0.39 is 0 Å². The van der Waals surface area contributed by atoms with E-state index in [2.05, 4.69) is 161 Å². The van der Waals surface area contributed by atoms with Crippen molar-refractivity contribution in [1.29, 1.82) is 0 Å². The van der Waals surface area contributed by atoms with Crippen LogP contribution in [0.1, 0.15) is 23.5 Å². The molecule has 6 aromatic carbocycles. The second-order valence-electron chi connectivity index (χ2n) is 10.9. The maximum atomic E-state index is 2.48. The Hall–Kier alpha value is -5.08. The Balaban J connectivity index is 1.10. The van der Waals surface area contributed by atoms with Crippen LogP contribution in [0.4, 0.5) is 11.4 Å². The molecule has 1 aliphatic rings. The van der Waals surface area contributed by atoms with Crippen molar-refractivity contribution in [2.45, 2.75) is 12.3 Å². The van der Waals surface area contributed by atoms with E-state index in [0.717, 1.165) is 13.0 Å². The van der Waals surface area contributed by atoms with E-state index in [1.807, 2.05) is 0 Å². The topological polar surface area (TPSA) is 8.17 Å². The van der Waals surface area contributed by atoms with Crippen molar-refractivity contribution in [3.63, 3.8) is 0 Å². The van der Waals surface area contributed by atoms with Gasteiger partial charge in [0, 0.05) is 40.3 Å². The molecule has 1 unspecified atom stereocenters. The number of anilines is 2. The van der Waals surface area contributed by atoms with Gasteiger partial charge in [0.25, 0.3) is 0 Å². The number of benzene rings is 6. The molecule has 0 saturated heterocycles. The van der Waals surface area contributed by atoms with Crippen LogP contribution in [0.2, 0.25) is 0 Å². The van der Waals surface area contributed by atoms with E-state index >= 15 is 0 Å². The normalized spacial score (nSPS) is 14.8. The number of hydrogen-bond acceptors (Lipinski definition) is 1. The van der Waals surface area contributed by atoms with Gasteiger partial charge in [0.2, 0.25) is 0 Å². The van der Waals surface area contributed by atoms with Gasteiger partial charge in [-0.3, -0.25) is 0 Å². The zero-order chi connectivity index (χ0) is 27.2. The maximum Gasteiger partial charge on any atom is 0.0541 e. The summed E-state index contributed by atoms with van der Waals surface area (Å²) in [6.45, 7) is 1.00. The number of fused-ring (bicyclic) bond motifs is 4. The molecule has 196 valence electrons. The van der Waals surface area contributed by atoms with Crippen LogP contribution < -0.4 is 4.90 Å². The Morgan fingerprint density at radius 1 is 0.463 bits per heavy atom. The predicted octanol–water partition coefficient (Wildman–Crippen LogP) is 10.1. The molecule has 0 fully saturated rings. The summed E-state index contributed by atoms with van der Waals surface area (Å²) < 4.78 is 2.37. The van der Waals surface area contributed by atoms with Gasteiger partial charge in [0.15, 0.2) is 0 Å². The molecule has 0 N–H and O–H groups in total.